The van der Waals surface area contributed by atoms with Crippen LogP contribution in [0.25, 0.3) is 33.7 Å². The van der Waals surface area contributed by atoms with Crippen molar-refractivity contribution in [2.45, 2.75) is 49.9 Å². The third-order valence-electron chi connectivity index (χ3n) is 7.80. The van der Waals surface area contributed by atoms with Crippen LogP contribution >= 0.6 is 0 Å². The van der Waals surface area contributed by atoms with Crippen LogP contribution in [0.15, 0.2) is 59.4 Å². The van der Waals surface area contributed by atoms with Gasteiger partial charge in [0.05, 0.1) is 29.9 Å². The minimum Gasteiger partial charge on any atom is -0.452 e. The fourth-order valence-electron chi connectivity index (χ4n) is 5.30. The molecule has 7 rings (SSSR count). The van der Waals surface area contributed by atoms with Gasteiger partial charge in [-0.05, 0) is 44.4 Å². The smallest absolute Gasteiger partial charge is 0.233 e. The Hall–Kier alpha value is -3.62. The highest BCUT2D eigenvalue weighted by Crippen LogP contribution is 2.51. The quantitative estimate of drug-likeness (QED) is 0.461. The Morgan fingerprint density at radius 3 is 2.53 bits per heavy atom. The topological polar surface area (TPSA) is 102 Å². The average molecular weight is 483 g/mol. The van der Waals surface area contributed by atoms with Crippen LogP contribution in [-0.2, 0) is 20.5 Å². The number of carbonyl (C=O) groups is 1. The maximum Gasteiger partial charge on any atom is 0.233 e. The van der Waals surface area contributed by atoms with E-state index in [0.717, 1.165) is 36.1 Å². The Labute approximate surface area is 208 Å². The number of aliphatic hydroxyl groups is 1. The van der Waals surface area contributed by atoms with Crippen LogP contribution in [-0.4, -0.2) is 56.2 Å². The van der Waals surface area contributed by atoms with Crippen molar-refractivity contribution in [1.82, 2.24) is 19.9 Å². The SMILES string of the molecule is CC(C)(O)c1cc(-c2ncnc3cc(-c4ccc(C5(C(=O)N6CC7OCC76)CC5)cc4)oc23)ccn1. The number of nitrogens with zero attached hydrogens (tertiary/aromatic N) is 4. The highest BCUT2D eigenvalue weighted by molar-refractivity contribution is 5.93. The standard InChI is InChI=1S/C28H26N4O4/c1-27(2,34)23-11-17(7-10-29-23)24-25-19(30-15-31-24)12-21(36-25)16-3-5-18(6-4-16)28(8-9-28)26(33)32-13-22-20(32)14-35-22/h3-7,10-12,15,20,22,34H,8-9,13-14H2,1-2H3. The van der Waals surface area contributed by atoms with Gasteiger partial charge < -0.3 is 19.2 Å². The molecule has 182 valence electrons. The number of amides is 1. The molecule has 1 saturated carbocycles. The second kappa shape index (κ2) is 7.44. The summed E-state index contributed by atoms with van der Waals surface area (Å²) in [5, 5.41) is 10.4. The second-order valence-corrected chi connectivity index (χ2v) is 10.6. The first-order valence-corrected chi connectivity index (χ1v) is 12.3. The summed E-state index contributed by atoms with van der Waals surface area (Å²) in [6.45, 7) is 4.79. The molecule has 8 heteroatoms. The normalized spacial score (nSPS) is 22.0. The van der Waals surface area contributed by atoms with Gasteiger partial charge in [-0.1, -0.05) is 24.3 Å². The van der Waals surface area contributed by atoms with E-state index in [2.05, 4.69) is 15.0 Å². The van der Waals surface area contributed by atoms with E-state index in [0.29, 0.717) is 34.9 Å². The molecule has 2 unspecified atom stereocenters. The number of hydrogen-bond donors (Lipinski definition) is 1. The number of hydrogen-bond acceptors (Lipinski definition) is 7. The summed E-state index contributed by atoms with van der Waals surface area (Å²) in [6.07, 6.45) is 5.21. The van der Waals surface area contributed by atoms with Crippen molar-refractivity contribution < 1.29 is 19.1 Å². The van der Waals surface area contributed by atoms with Crippen LogP contribution in [0.3, 0.4) is 0 Å². The van der Waals surface area contributed by atoms with Gasteiger partial charge in [-0.2, -0.15) is 0 Å². The summed E-state index contributed by atoms with van der Waals surface area (Å²) in [5.41, 5.74) is 3.79. The van der Waals surface area contributed by atoms with Crippen molar-refractivity contribution >= 4 is 17.0 Å². The van der Waals surface area contributed by atoms with Gasteiger partial charge in [0.2, 0.25) is 5.91 Å². The van der Waals surface area contributed by atoms with Gasteiger partial charge in [-0.15, -0.1) is 0 Å². The van der Waals surface area contributed by atoms with E-state index in [4.69, 9.17) is 9.15 Å². The molecule has 5 heterocycles. The third-order valence-corrected chi connectivity index (χ3v) is 7.80. The second-order valence-electron chi connectivity index (χ2n) is 10.6. The predicted molar refractivity (Wildman–Crippen MR) is 132 cm³/mol. The largest absolute Gasteiger partial charge is 0.452 e. The Balaban J connectivity index is 1.19. The number of morpholine rings is 1. The van der Waals surface area contributed by atoms with E-state index in [1.54, 1.807) is 20.0 Å². The molecule has 1 aromatic carbocycles. The number of rotatable bonds is 5. The van der Waals surface area contributed by atoms with Gasteiger partial charge in [-0.3, -0.25) is 9.78 Å². The predicted octanol–water partition coefficient (Wildman–Crippen LogP) is 3.82. The average Bonchev–Trinajstić information content (AvgIpc) is 3.56. The van der Waals surface area contributed by atoms with Crippen molar-refractivity contribution in [1.29, 1.82) is 0 Å². The summed E-state index contributed by atoms with van der Waals surface area (Å²) >= 11 is 0. The molecule has 36 heavy (non-hydrogen) atoms. The summed E-state index contributed by atoms with van der Waals surface area (Å²) in [6, 6.07) is 14.0. The molecule has 2 atom stereocenters. The number of ether oxygens (including phenoxy) is 1. The molecule has 2 aliphatic heterocycles. The highest BCUT2D eigenvalue weighted by Gasteiger charge is 2.59. The van der Waals surface area contributed by atoms with E-state index >= 15 is 0 Å². The van der Waals surface area contributed by atoms with E-state index in [-0.39, 0.29) is 23.5 Å². The van der Waals surface area contributed by atoms with Crippen LogP contribution in [0, 0.1) is 0 Å². The number of pyridine rings is 1. The van der Waals surface area contributed by atoms with Gasteiger partial charge in [0, 0.05) is 29.9 Å². The minimum absolute atomic E-state index is 0.242. The minimum atomic E-state index is -1.07. The maximum absolute atomic E-state index is 13.2. The zero-order valence-electron chi connectivity index (χ0n) is 20.1. The molecule has 4 aromatic rings. The number of carbonyl (C=O) groups excluding carboxylic acids is 1. The Morgan fingerprint density at radius 1 is 1.08 bits per heavy atom. The molecule has 0 spiro atoms. The van der Waals surface area contributed by atoms with E-state index in [1.807, 2.05) is 47.4 Å². The van der Waals surface area contributed by atoms with Crippen molar-refractivity contribution in [3.05, 3.63) is 66.2 Å². The molecular weight excluding hydrogens is 456 g/mol. The van der Waals surface area contributed by atoms with Crippen LogP contribution in [0.1, 0.15) is 37.9 Å². The zero-order valence-corrected chi connectivity index (χ0v) is 20.1. The van der Waals surface area contributed by atoms with E-state index in [9.17, 15) is 9.90 Å². The first-order chi connectivity index (χ1) is 17.3. The monoisotopic (exact) mass is 482 g/mol. The molecule has 1 aliphatic carbocycles. The van der Waals surface area contributed by atoms with Gasteiger partial charge in [0.25, 0.3) is 0 Å². The first kappa shape index (κ1) is 21.6. The number of likely N-dealkylation sites (tertiary alicyclic amines) is 1. The zero-order chi connectivity index (χ0) is 24.7. The molecule has 1 amide bonds. The van der Waals surface area contributed by atoms with Crippen molar-refractivity contribution in [2.24, 2.45) is 0 Å². The van der Waals surface area contributed by atoms with E-state index < -0.39 is 5.60 Å². The molecule has 0 radical (unpaired) electrons. The summed E-state index contributed by atoms with van der Waals surface area (Å²) in [5.74, 6) is 0.926. The summed E-state index contributed by atoms with van der Waals surface area (Å²) in [4.78, 5) is 28.4. The number of fused-ring (bicyclic) bond motifs is 2. The van der Waals surface area contributed by atoms with Gasteiger partial charge in [0.15, 0.2) is 5.58 Å². The van der Waals surface area contributed by atoms with Crippen molar-refractivity contribution in [3.63, 3.8) is 0 Å². The highest BCUT2D eigenvalue weighted by atomic mass is 16.5. The molecule has 3 aromatic heterocycles. The van der Waals surface area contributed by atoms with Crippen LogP contribution in [0.2, 0.25) is 0 Å². The Morgan fingerprint density at radius 2 is 1.89 bits per heavy atom. The lowest BCUT2D eigenvalue weighted by atomic mass is 9.87. The number of benzene rings is 1. The van der Waals surface area contributed by atoms with Crippen LogP contribution in [0.4, 0.5) is 0 Å². The van der Waals surface area contributed by atoms with Gasteiger partial charge in [-0.25, -0.2) is 9.97 Å². The van der Waals surface area contributed by atoms with Crippen LogP contribution in [0.5, 0.6) is 0 Å². The maximum atomic E-state index is 13.2. The molecule has 8 nitrogen and oxygen atoms in total. The van der Waals surface area contributed by atoms with Gasteiger partial charge in [0.1, 0.15) is 28.9 Å². The first-order valence-electron chi connectivity index (χ1n) is 12.3. The molecule has 0 bridgehead atoms. The Bertz CT molecular complexity index is 1500. The molecule has 1 N–H and O–H groups in total. The number of aromatic nitrogens is 3. The Kier molecular flexibility index (Phi) is 4.48. The van der Waals surface area contributed by atoms with Crippen molar-refractivity contribution in [2.75, 3.05) is 13.2 Å². The van der Waals surface area contributed by atoms with Crippen LogP contribution < -0.4 is 0 Å². The fraction of sp³-hybridized carbons (Fsp3) is 0.357. The lowest BCUT2D eigenvalue weighted by Gasteiger charge is -2.55. The lowest BCUT2D eigenvalue weighted by molar-refractivity contribution is -0.217. The number of furan rings is 1. The molecule has 3 aliphatic rings. The van der Waals surface area contributed by atoms with Crippen molar-refractivity contribution in [3.8, 4) is 22.6 Å². The summed E-state index contributed by atoms with van der Waals surface area (Å²) < 4.78 is 11.7. The molecule has 3 fully saturated rings. The third kappa shape index (κ3) is 3.21. The van der Waals surface area contributed by atoms with E-state index in [1.165, 1.54) is 6.33 Å². The molecule has 2 saturated heterocycles. The summed E-state index contributed by atoms with van der Waals surface area (Å²) in [7, 11) is 0. The molecular formula is C28H26N4O4. The lowest BCUT2D eigenvalue weighted by Crippen LogP contribution is -2.73. The van der Waals surface area contributed by atoms with Gasteiger partial charge >= 0.3 is 0 Å². The fourth-order valence-corrected chi connectivity index (χ4v) is 5.30.